The van der Waals surface area contributed by atoms with Gasteiger partial charge < -0.3 is 9.80 Å². The highest BCUT2D eigenvalue weighted by atomic mass is 32.2. The number of sulfonamides is 1. The normalized spacial score (nSPS) is 14.8. The van der Waals surface area contributed by atoms with E-state index < -0.39 is 10.0 Å². The maximum atomic E-state index is 13.5. The van der Waals surface area contributed by atoms with Gasteiger partial charge in [-0.15, -0.1) is 0 Å². The van der Waals surface area contributed by atoms with Crippen molar-refractivity contribution in [3.05, 3.63) is 53.8 Å². The molecule has 1 aliphatic heterocycles. The number of rotatable bonds is 8. The van der Waals surface area contributed by atoms with Gasteiger partial charge in [-0.3, -0.25) is 4.79 Å². The number of fused-ring (bicyclic) bond motifs is 1. The van der Waals surface area contributed by atoms with E-state index in [4.69, 9.17) is 0 Å². The number of anilines is 1. The average molecular weight is 505 g/mol. The van der Waals surface area contributed by atoms with Gasteiger partial charge in [-0.25, -0.2) is 17.8 Å². The minimum atomic E-state index is -3.57. The summed E-state index contributed by atoms with van der Waals surface area (Å²) in [5, 5.41) is 0.825. The van der Waals surface area contributed by atoms with Crippen LogP contribution in [0.15, 0.2) is 47.4 Å². The molecule has 1 saturated heterocycles. The second kappa shape index (κ2) is 10.4. The van der Waals surface area contributed by atoms with Gasteiger partial charge >= 0.3 is 0 Å². The third kappa shape index (κ3) is 5.08. The van der Waals surface area contributed by atoms with Crippen molar-refractivity contribution in [3.8, 4) is 0 Å². The topological polar surface area (TPSA) is 73.8 Å². The van der Waals surface area contributed by atoms with Crippen molar-refractivity contribution in [2.75, 3.05) is 44.2 Å². The van der Waals surface area contributed by atoms with Crippen LogP contribution in [0, 0.1) is 5.82 Å². The highest BCUT2D eigenvalue weighted by molar-refractivity contribution is 7.89. The summed E-state index contributed by atoms with van der Waals surface area (Å²) in [5.41, 5.74) is 1.24. The van der Waals surface area contributed by atoms with Crippen molar-refractivity contribution in [1.82, 2.24) is 14.2 Å². The third-order valence-corrected chi connectivity index (χ3v) is 8.85. The molecule has 1 amide bonds. The van der Waals surface area contributed by atoms with Crippen molar-refractivity contribution in [2.45, 2.75) is 31.6 Å². The molecule has 10 heteroatoms. The quantitative estimate of drug-likeness (QED) is 0.460. The summed E-state index contributed by atoms with van der Waals surface area (Å²) in [5.74, 6) is -0.394. The first-order chi connectivity index (χ1) is 16.3. The molecule has 4 rings (SSSR count). The Hall–Kier alpha value is -2.56. The number of halogens is 1. The molecule has 0 N–H and O–H groups in total. The number of thiazole rings is 1. The number of benzene rings is 2. The summed E-state index contributed by atoms with van der Waals surface area (Å²) in [7, 11) is -3.57. The lowest BCUT2D eigenvalue weighted by molar-refractivity contribution is 0.0746. The zero-order valence-corrected chi connectivity index (χ0v) is 21.0. The van der Waals surface area contributed by atoms with E-state index in [0.29, 0.717) is 44.8 Å². The van der Waals surface area contributed by atoms with Crippen LogP contribution in [0.25, 0.3) is 10.2 Å². The van der Waals surface area contributed by atoms with Crippen molar-refractivity contribution in [3.63, 3.8) is 0 Å². The number of carbonyl (C=O) groups is 1. The number of hydrogen-bond acceptors (Lipinski definition) is 6. The Bertz CT molecular complexity index is 1250. The molecular formula is C24H29FN4O3S2. The Morgan fingerprint density at radius 1 is 1.03 bits per heavy atom. The molecule has 7 nitrogen and oxygen atoms in total. The van der Waals surface area contributed by atoms with Gasteiger partial charge in [0.1, 0.15) is 5.82 Å². The molecule has 1 aromatic heterocycles. The van der Waals surface area contributed by atoms with Crippen LogP contribution in [0.2, 0.25) is 0 Å². The molecule has 0 saturated carbocycles. The monoisotopic (exact) mass is 504 g/mol. The molecule has 34 heavy (non-hydrogen) atoms. The molecule has 0 spiro atoms. The first kappa shape index (κ1) is 24.6. The molecule has 1 fully saturated rings. The maximum absolute atomic E-state index is 13.5. The Morgan fingerprint density at radius 3 is 2.29 bits per heavy atom. The van der Waals surface area contributed by atoms with Gasteiger partial charge in [-0.1, -0.05) is 25.2 Å². The zero-order valence-electron chi connectivity index (χ0n) is 19.4. The largest absolute Gasteiger partial charge is 0.345 e. The Labute approximate surface area is 203 Å². The molecule has 0 bridgehead atoms. The van der Waals surface area contributed by atoms with E-state index in [1.165, 1.54) is 39.9 Å². The van der Waals surface area contributed by atoms with Gasteiger partial charge in [0.05, 0.1) is 15.1 Å². The van der Waals surface area contributed by atoms with Crippen LogP contribution in [-0.2, 0) is 10.0 Å². The average Bonchev–Trinajstić information content (AvgIpc) is 3.27. The lowest BCUT2D eigenvalue weighted by Gasteiger charge is -2.34. The van der Waals surface area contributed by atoms with Crippen molar-refractivity contribution >= 4 is 42.6 Å². The van der Waals surface area contributed by atoms with Crippen LogP contribution < -0.4 is 4.90 Å². The summed E-state index contributed by atoms with van der Waals surface area (Å²) in [6.07, 6.45) is 1.49. The van der Waals surface area contributed by atoms with Gasteiger partial charge in [0.15, 0.2) is 5.13 Å². The predicted octanol–water partition coefficient (Wildman–Crippen LogP) is 4.21. The maximum Gasteiger partial charge on any atom is 0.253 e. The second-order valence-electron chi connectivity index (χ2n) is 8.32. The van der Waals surface area contributed by atoms with Gasteiger partial charge in [-0.2, -0.15) is 4.31 Å². The van der Waals surface area contributed by atoms with Gasteiger partial charge in [-0.05, 0) is 55.3 Å². The molecule has 3 aromatic rings. The fraction of sp³-hybridized carbons (Fsp3) is 0.417. The molecule has 182 valence electrons. The number of hydrogen-bond donors (Lipinski definition) is 0. The first-order valence-corrected chi connectivity index (χ1v) is 13.8. The Morgan fingerprint density at radius 2 is 1.68 bits per heavy atom. The highest BCUT2D eigenvalue weighted by Crippen LogP contribution is 2.30. The lowest BCUT2D eigenvalue weighted by atomic mass is 10.2. The summed E-state index contributed by atoms with van der Waals surface area (Å²) < 4.78 is 41.7. The van der Waals surface area contributed by atoms with Crippen LogP contribution in [-0.4, -0.2) is 67.8 Å². The van der Waals surface area contributed by atoms with E-state index in [-0.39, 0.29) is 16.6 Å². The molecule has 0 atom stereocenters. The Balaban J connectivity index is 1.41. The van der Waals surface area contributed by atoms with Crippen LogP contribution in [0.4, 0.5) is 9.52 Å². The third-order valence-electron chi connectivity index (χ3n) is 5.86. The van der Waals surface area contributed by atoms with E-state index in [9.17, 15) is 17.6 Å². The number of nitrogens with zero attached hydrogens (tertiary/aromatic N) is 4. The number of carbonyl (C=O) groups excluding carboxylic acids is 1. The van der Waals surface area contributed by atoms with Crippen LogP contribution in [0.1, 0.15) is 37.0 Å². The summed E-state index contributed by atoms with van der Waals surface area (Å²) in [6, 6.07) is 10.8. The van der Waals surface area contributed by atoms with E-state index >= 15 is 0 Å². The number of piperazine rings is 1. The molecule has 2 heterocycles. The zero-order chi connectivity index (χ0) is 24.3. The van der Waals surface area contributed by atoms with Gasteiger partial charge in [0.2, 0.25) is 10.0 Å². The highest BCUT2D eigenvalue weighted by Gasteiger charge is 2.26. The predicted molar refractivity (Wildman–Crippen MR) is 133 cm³/mol. The van der Waals surface area contributed by atoms with Crippen LogP contribution in [0.3, 0.4) is 0 Å². The molecule has 0 radical (unpaired) electrons. The van der Waals surface area contributed by atoms with Gasteiger partial charge in [0.25, 0.3) is 5.91 Å². The second-order valence-corrected chi connectivity index (χ2v) is 11.3. The van der Waals surface area contributed by atoms with Crippen molar-refractivity contribution in [2.24, 2.45) is 0 Å². The molecule has 2 aromatic carbocycles. The Kier molecular flexibility index (Phi) is 7.49. The van der Waals surface area contributed by atoms with Crippen molar-refractivity contribution in [1.29, 1.82) is 0 Å². The smallest absolute Gasteiger partial charge is 0.253 e. The molecular weight excluding hydrogens is 475 g/mol. The number of aromatic nitrogens is 1. The van der Waals surface area contributed by atoms with Gasteiger partial charge in [0, 0.05) is 44.8 Å². The van der Waals surface area contributed by atoms with E-state index in [1.807, 2.05) is 13.8 Å². The van der Waals surface area contributed by atoms with Crippen LogP contribution in [0.5, 0.6) is 0 Å². The summed E-state index contributed by atoms with van der Waals surface area (Å²) in [4.78, 5) is 21.7. The molecule has 0 unspecified atom stereocenters. The number of amides is 1. The van der Waals surface area contributed by atoms with Crippen LogP contribution >= 0.6 is 11.3 Å². The van der Waals surface area contributed by atoms with E-state index in [2.05, 4.69) is 9.88 Å². The fourth-order valence-electron chi connectivity index (χ4n) is 4.07. The SMILES string of the molecule is CCCN(CCC)S(=O)(=O)c1ccc(C(=O)N2CCN(c3nc4ccc(F)cc4s3)CC2)cc1. The standard InChI is InChI=1S/C24H29FN4O3S2/c1-3-11-29(12-4-2)34(31,32)20-8-5-18(6-9-20)23(30)27-13-15-28(16-14-27)24-26-21-10-7-19(25)17-22(21)33-24/h5-10,17H,3-4,11-16H2,1-2H3. The summed E-state index contributed by atoms with van der Waals surface area (Å²) >= 11 is 1.45. The minimum Gasteiger partial charge on any atom is -0.345 e. The summed E-state index contributed by atoms with van der Waals surface area (Å²) in [6.45, 7) is 7.18. The minimum absolute atomic E-state index is 0.117. The fourth-order valence-corrected chi connectivity index (χ4v) is 6.74. The first-order valence-electron chi connectivity index (χ1n) is 11.5. The molecule has 1 aliphatic rings. The van der Waals surface area contributed by atoms with Crippen molar-refractivity contribution < 1.29 is 17.6 Å². The van der Waals surface area contributed by atoms with E-state index in [0.717, 1.165) is 28.2 Å². The van der Waals surface area contributed by atoms with E-state index in [1.54, 1.807) is 23.1 Å². The molecule has 0 aliphatic carbocycles. The lowest BCUT2D eigenvalue weighted by Crippen LogP contribution is -2.48.